The zero-order valence-electron chi connectivity index (χ0n) is 10.9. The number of aliphatic hydroxyl groups excluding tert-OH is 1. The molecule has 0 saturated heterocycles. The van der Waals surface area contributed by atoms with E-state index >= 15 is 0 Å². The van der Waals surface area contributed by atoms with Crippen molar-refractivity contribution < 1.29 is 9.84 Å². The molecule has 0 aliphatic rings. The van der Waals surface area contributed by atoms with Gasteiger partial charge in [0.2, 0.25) is 5.88 Å². The third-order valence-corrected chi connectivity index (χ3v) is 2.69. The van der Waals surface area contributed by atoms with E-state index in [1.807, 2.05) is 18.2 Å². The molecule has 96 valence electrons. The van der Waals surface area contributed by atoms with Gasteiger partial charge in [-0.2, -0.15) is 0 Å². The molecule has 0 unspecified atom stereocenters. The Morgan fingerprint density at radius 3 is 2.82 bits per heavy atom. The van der Waals surface area contributed by atoms with Crippen molar-refractivity contribution in [3.8, 4) is 5.88 Å². The van der Waals surface area contributed by atoms with Gasteiger partial charge >= 0.3 is 0 Å². The summed E-state index contributed by atoms with van der Waals surface area (Å²) < 4.78 is 5.07. The molecule has 0 aromatic carbocycles. The molecule has 1 aromatic rings. The number of aromatic nitrogens is 1. The molecule has 0 atom stereocenters. The zero-order chi connectivity index (χ0) is 12.7. The second kappa shape index (κ2) is 6.57. The molecule has 17 heavy (non-hydrogen) atoms. The Balaban J connectivity index is 2.40. The molecule has 0 amide bonds. The van der Waals surface area contributed by atoms with Crippen molar-refractivity contribution in [2.75, 3.05) is 20.3 Å². The van der Waals surface area contributed by atoms with Crippen LogP contribution in [0.25, 0.3) is 0 Å². The highest BCUT2D eigenvalue weighted by Gasteiger charge is 2.16. The number of ether oxygens (including phenoxy) is 1. The van der Waals surface area contributed by atoms with Crippen molar-refractivity contribution in [3.63, 3.8) is 0 Å². The largest absolute Gasteiger partial charge is 0.481 e. The van der Waals surface area contributed by atoms with Crippen molar-refractivity contribution in [3.05, 3.63) is 23.9 Å². The predicted molar refractivity (Wildman–Crippen MR) is 68.0 cm³/mol. The summed E-state index contributed by atoms with van der Waals surface area (Å²) in [7, 11) is 1.61. The van der Waals surface area contributed by atoms with Gasteiger partial charge in [0.25, 0.3) is 0 Å². The van der Waals surface area contributed by atoms with Crippen LogP contribution in [0.2, 0.25) is 0 Å². The van der Waals surface area contributed by atoms with E-state index in [1.165, 1.54) is 0 Å². The van der Waals surface area contributed by atoms with E-state index in [-0.39, 0.29) is 12.0 Å². The van der Waals surface area contributed by atoms with Crippen LogP contribution in [0.3, 0.4) is 0 Å². The molecule has 1 rings (SSSR count). The second-order valence-corrected chi connectivity index (χ2v) is 4.91. The highest BCUT2D eigenvalue weighted by Crippen LogP contribution is 2.18. The van der Waals surface area contributed by atoms with E-state index in [2.05, 4.69) is 24.1 Å². The summed E-state index contributed by atoms with van der Waals surface area (Å²) in [6.07, 6.45) is 0.797. The average Bonchev–Trinajstić information content (AvgIpc) is 2.29. The first kappa shape index (κ1) is 13.9. The summed E-state index contributed by atoms with van der Waals surface area (Å²) in [6.45, 7) is 6.06. The molecule has 0 radical (unpaired) electrons. The van der Waals surface area contributed by atoms with Crippen molar-refractivity contribution in [1.29, 1.82) is 0 Å². The Bertz CT molecular complexity index is 340. The van der Waals surface area contributed by atoms with Crippen LogP contribution in [-0.4, -0.2) is 30.4 Å². The fourth-order valence-electron chi connectivity index (χ4n) is 1.59. The van der Waals surface area contributed by atoms with Crippen LogP contribution in [0.15, 0.2) is 18.2 Å². The Morgan fingerprint density at radius 2 is 2.18 bits per heavy atom. The average molecular weight is 238 g/mol. The molecule has 4 heteroatoms. The Morgan fingerprint density at radius 1 is 1.41 bits per heavy atom. The van der Waals surface area contributed by atoms with Gasteiger partial charge in [0.1, 0.15) is 0 Å². The molecule has 0 spiro atoms. The lowest BCUT2D eigenvalue weighted by Crippen LogP contribution is -2.30. The van der Waals surface area contributed by atoms with Crippen LogP contribution in [0, 0.1) is 5.41 Å². The molecule has 0 bridgehead atoms. The number of nitrogens with zero attached hydrogens (tertiary/aromatic N) is 1. The smallest absolute Gasteiger partial charge is 0.213 e. The number of methoxy groups -OCH3 is 1. The number of pyridine rings is 1. The Kier molecular flexibility index (Phi) is 5.38. The van der Waals surface area contributed by atoms with Gasteiger partial charge in [-0.1, -0.05) is 19.9 Å². The predicted octanol–water partition coefficient (Wildman–Crippen LogP) is 1.59. The highest BCUT2D eigenvalue weighted by atomic mass is 16.5. The number of aliphatic hydroxyl groups is 1. The number of rotatable bonds is 7. The van der Waals surface area contributed by atoms with E-state index < -0.39 is 0 Å². The lowest BCUT2D eigenvalue weighted by atomic mass is 9.90. The third-order valence-electron chi connectivity index (χ3n) is 2.69. The first-order chi connectivity index (χ1) is 8.07. The molecule has 0 aliphatic heterocycles. The fraction of sp³-hybridized carbons (Fsp3) is 0.615. The van der Waals surface area contributed by atoms with Gasteiger partial charge in [-0.3, -0.25) is 0 Å². The molecular formula is C13H22N2O2. The molecule has 1 aromatic heterocycles. The standard InChI is InChI=1S/C13H22N2O2/c1-13(2,7-8-16)10-14-9-11-5-4-6-12(15-11)17-3/h4-6,14,16H,7-10H2,1-3H3. The molecule has 0 aliphatic carbocycles. The number of nitrogens with one attached hydrogen (secondary N) is 1. The summed E-state index contributed by atoms with van der Waals surface area (Å²) in [4.78, 5) is 4.32. The van der Waals surface area contributed by atoms with Crippen LogP contribution >= 0.6 is 0 Å². The normalized spacial score (nSPS) is 11.5. The Labute approximate surface area is 103 Å². The SMILES string of the molecule is COc1cccc(CNCC(C)(C)CCO)n1. The minimum absolute atomic E-state index is 0.105. The molecule has 4 nitrogen and oxygen atoms in total. The third kappa shape index (κ3) is 5.15. The monoisotopic (exact) mass is 238 g/mol. The van der Waals surface area contributed by atoms with E-state index in [4.69, 9.17) is 9.84 Å². The molecule has 1 heterocycles. The maximum atomic E-state index is 8.93. The van der Waals surface area contributed by atoms with Gasteiger partial charge in [0.15, 0.2) is 0 Å². The summed E-state index contributed by atoms with van der Waals surface area (Å²) in [6, 6.07) is 5.73. The Hall–Kier alpha value is -1.13. The van der Waals surface area contributed by atoms with Crippen LogP contribution < -0.4 is 10.1 Å². The van der Waals surface area contributed by atoms with Gasteiger partial charge in [0.05, 0.1) is 12.8 Å². The summed E-state index contributed by atoms with van der Waals surface area (Å²) in [5.74, 6) is 0.638. The minimum atomic E-state index is 0.105. The topological polar surface area (TPSA) is 54.4 Å². The first-order valence-corrected chi connectivity index (χ1v) is 5.89. The molecular weight excluding hydrogens is 216 g/mol. The van der Waals surface area contributed by atoms with Gasteiger partial charge in [0, 0.05) is 25.8 Å². The lowest BCUT2D eigenvalue weighted by molar-refractivity contribution is 0.207. The zero-order valence-corrected chi connectivity index (χ0v) is 10.9. The van der Waals surface area contributed by atoms with Gasteiger partial charge < -0.3 is 15.2 Å². The molecule has 0 fully saturated rings. The van der Waals surface area contributed by atoms with Crippen molar-refractivity contribution >= 4 is 0 Å². The van der Waals surface area contributed by atoms with Crippen LogP contribution in [-0.2, 0) is 6.54 Å². The van der Waals surface area contributed by atoms with E-state index in [1.54, 1.807) is 7.11 Å². The minimum Gasteiger partial charge on any atom is -0.481 e. The number of hydrogen-bond acceptors (Lipinski definition) is 4. The maximum absolute atomic E-state index is 8.93. The summed E-state index contributed by atoms with van der Waals surface area (Å²) in [5, 5.41) is 12.3. The van der Waals surface area contributed by atoms with Crippen LogP contribution in [0.5, 0.6) is 5.88 Å². The summed E-state index contributed by atoms with van der Waals surface area (Å²) in [5.41, 5.74) is 1.07. The fourth-order valence-corrected chi connectivity index (χ4v) is 1.59. The quantitative estimate of drug-likeness (QED) is 0.757. The number of hydrogen-bond donors (Lipinski definition) is 2. The second-order valence-electron chi connectivity index (χ2n) is 4.91. The van der Waals surface area contributed by atoms with E-state index in [9.17, 15) is 0 Å². The van der Waals surface area contributed by atoms with Crippen molar-refractivity contribution in [2.45, 2.75) is 26.8 Å². The first-order valence-electron chi connectivity index (χ1n) is 5.89. The molecule has 2 N–H and O–H groups in total. The van der Waals surface area contributed by atoms with Crippen LogP contribution in [0.4, 0.5) is 0 Å². The van der Waals surface area contributed by atoms with Gasteiger partial charge in [-0.05, 0) is 17.9 Å². The van der Waals surface area contributed by atoms with Gasteiger partial charge in [-0.15, -0.1) is 0 Å². The summed E-state index contributed by atoms with van der Waals surface area (Å²) >= 11 is 0. The highest BCUT2D eigenvalue weighted by molar-refractivity contribution is 5.15. The van der Waals surface area contributed by atoms with Gasteiger partial charge in [-0.25, -0.2) is 4.98 Å². The van der Waals surface area contributed by atoms with E-state index in [0.29, 0.717) is 12.4 Å². The van der Waals surface area contributed by atoms with Crippen molar-refractivity contribution in [1.82, 2.24) is 10.3 Å². The lowest BCUT2D eigenvalue weighted by Gasteiger charge is -2.23. The molecule has 0 saturated carbocycles. The van der Waals surface area contributed by atoms with Crippen molar-refractivity contribution in [2.24, 2.45) is 5.41 Å². The maximum Gasteiger partial charge on any atom is 0.213 e. The van der Waals surface area contributed by atoms with E-state index in [0.717, 1.165) is 18.7 Å². The van der Waals surface area contributed by atoms with Crippen LogP contribution in [0.1, 0.15) is 26.0 Å².